The van der Waals surface area contributed by atoms with E-state index in [0.717, 1.165) is 41.3 Å². The molecule has 0 radical (unpaired) electrons. The van der Waals surface area contributed by atoms with Gasteiger partial charge in [-0.25, -0.2) is 9.78 Å². The van der Waals surface area contributed by atoms with Crippen molar-refractivity contribution in [1.29, 1.82) is 0 Å². The first-order chi connectivity index (χ1) is 15.1. The average molecular weight is 419 g/mol. The number of morpholine rings is 1. The number of carbonyl (C=O) groups excluding carboxylic acids is 1. The Bertz CT molecular complexity index is 1030. The van der Waals surface area contributed by atoms with Crippen molar-refractivity contribution in [1.82, 2.24) is 4.98 Å². The number of nitrogens with zero attached hydrogens (tertiary/aromatic N) is 2. The van der Waals surface area contributed by atoms with Gasteiger partial charge in [0.05, 0.1) is 32.2 Å². The molecule has 2 aromatic carbocycles. The van der Waals surface area contributed by atoms with Gasteiger partial charge in [-0.3, -0.25) is 5.32 Å². The van der Waals surface area contributed by atoms with E-state index in [-0.39, 0.29) is 0 Å². The van der Waals surface area contributed by atoms with Crippen LogP contribution < -0.4 is 19.7 Å². The SMILES string of the molecule is COc1ccc(-c2cc(OC(=O)Nc3ccc(N4CCOCC4)nc3)ccc2C)cc1. The van der Waals surface area contributed by atoms with Crippen LogP contribution in [0.1, 0.15) is 5.56 Å². The highest BCUT2D eigenvalue weighted by atomic mass is 16.6. The van der Waals surface area contributed by atoms with Crippen LogP contribution in [0.2, 0.25) is 0 Å². The zero-order valence-corrected chi connectivity index (χ0v) is 17.6. The molecule has 1 N–H and O–H groups in total. The largest absolute Gasteiger partial charge is 0.497 e. The number of hydrogen-bond acceptors (Lipinski definition) is 6. The number of ether oxygens (including phenoxy) is 3. The molecule has 7 heteroatoms. The highest BCUT2D eigenvalue weighted by Gasteiger charge is 2.13. The molecule has 0 bridgehead atoms. The number of nitrogens with one attached hydrogen (secondary N) is 1. The minimum absolute atomic E-state index is 0.465. The molecule has 1 aliphatic heterocycles. The summed E-state index contributed by atoms with van der Waals surface area (Å²) in [5.41, 5.74) is 3.67. The Morgan fingerprint density at radius 3 is 2.45 bits per heavy atom. The van der Waals surface area contributed by atoms with Crippen molar-refractivity contribution in [3.63, 3.8) is 0 Å². The lowest BCUT2D eigenvalue weighted by molar-refractivity contribution is 0.122. The van der Waals surface area contributed by atoms with Crippen LogP contribution in [0.25, 0.3) is 11.1 Å². The van der Waals surface area contributed by atoms with Crippen LogP contribution in [-0.4, -0.2) is 44.5 Å². The third-order valence-electron chi connectivity index (χ3n) is 5.15. The zero-order chi connectivity index (χ0) is 21.6. The van der Waals surface area contributed by atoms with Crippen molar-refractivity contribution in [2.75, 3.05) is 43.6 Å². The van der Waals surface area contributed by atoms with Crippen LogP contribution >= 0.6 is 0 Å². The molecule has 1 fully saturated rings. The quantitative estimate of drug-likeness (QED) is 0.656. The minimum Gasteiger partial charge on any atom is -0.497 e. The Hall–Kier alpha value is -3.58. The second-order valence-corrected chi connectivity index (χ2v) is 7.22. The summed E-state index contributed by atoms with van der Waals surface area (Å²) >= 11 is 0. The molecule has 31 heavy (non-hydrogen) atoms. The van der Waals surface area contributed by atoms with Gasteiger partial charge >= 0.3 is 6.09 Å². The molecule has 0 unspecified atom stereocenters. The van der Waals surface area contributed by atoms with Crippen molar-refractivity contribution < 1.29 is 19.0 Å². The van der Waals surface area contributed by atoms with Crippen molar-refractivity contribution in [2.24, 2.45) is 0 Å². The van der Waals surface area contributed by atoms with E-state index in [1.54, 1.807) is 19.4 Å². The highest BCUT2D eigenvalue weighted by molar-refractivity contribution is 5.86. The number of hydrogen-bond donors (Lipinski definition) is 1. The number of aromatic nitrogens is 1. The molecule has 7 nitrogen and oxygen atoms in total. The van der Waals surface area contributed by atoms with Gasteiger partial charge in [0.1, 0.15) is 17.3 Å². The third kappa shape index (κ3) is 5.13. The molecular weight excluding hydrogens is 394 g/mol. The van der Waals surface area contributed by atoms with Crippen LogP contribution in [0.15, 0.2) is 60.8 Å². The van der Waals surface area contributed by atoms with Crippen molar-refractivity contribution in [3.05, 3.63) is 66.4 Å². The summed E-state index contributed by atoms with van der Waals surface area (Å²) in [7, 11) is 1.64. The minimum atomic E-state index is -0.564. The maximum atomic E-state index is 12.4. The molecule has 4 rings (SSSR count). The topological polar surface area (TPSA) is 72.9 Å². The van der Waals surface area contributed by atoms with Gasteiger partial charge in [0, 0.05) is 13.1 Å². The van der Waals surface area contributed by atoms with E-state index in [1.165, 1.54) is 0 Å². The summed E-state index contributed by atoms with van der Waals surface area (Å²) in [6.45, 7) is 5.04. The Labute approximate surface area is 181 Å². The summed E-state index contributed by atoms with van der Waals surface area (Å²) in [5, 5.41) is 2.73. The van der Waals surface area contributed by atoms with E-state index in [2.05, 4.69) is 15.2 Å². The van der Waals surface area contributed by atoms with Gasteiger partial charge in [0.15, 0.2) is 0 Å². The summed E-state index contributed by atoms with van der Waals surface area (Å²) in [5.74, 6) is 2.12. The van der Waals surface area contributed by atoms with Gasteiger partial charge in [-0.2, -0.15) is 0 Å². The average Bonchev–Trinajstić information content (AvgIpc) is 2.81. The second-order valence-electron chi connectivity index (χ2n) is 7.22. The summed E-state index contributed by atoms with van der Waals surface area (Å²) in [4.78, 5) is 19.0. The number of carbonyl (C=O) groups is 1. The fourth-order valence-electron chi connectivity index (χ4n) is 3.44. The summed E-state index contributed by atoms with van der Waals surface area (Å²) in [6, 6.07) is 17.0. The monoisotopic (exact) mass is 419 g/mol. The standard InChI is InChI=1S/C24H25N3O4/c1-17-3-7-21(15-22(17)18-4-8-20(29-2)9-5-18)31-24(28)26-19-6-10-23(25-16-19)27-11-13-30-14-12-27/h3-10,15-16H,11-14H2,1-2H3,(H,26,28). The molecule has 160 valence electrons. The first kappa shape index (κ1) is 20.7. The predicted octanol–water partition coefficient (Wildman–Crippen LogP) is 4.51. The van der Waals surface area contributed by atoms with E-state index >= 15 is 0 Å². The Morgan fingerprint density at radius 1 is 1.03 bits per heavy atom. The highest BCUT2D eigenvalue weighted by Crippen LogP contribution is 2.29. The van der Waals surface area contributed by atoms with Gasteiger partial charge in [-0.05, 0) is 60.0 Å². The molecule has 0 atom stereocenters. The van der Waals surface area contributed by atoms with Crippen LogP contribution in [-0.2, 0) is 4.74 Å². The van der Waals surface area contributed by atoms with E-state index in [4.69, 9.17) is 14.2 Å². The lowest BCUT2D eigenvalue weighted by Gasteiger charge is -2.27. The lowest BCUT2D eigenvalue weighted by Crippen LogP contribution is -2.36. The molecule has 0 saturated carbocycles. The fraction of sp³-hybridized carbons (Fsp3) is 0.250. The third-order valence-corrected chi connectivity index (χ3v) is 5.15. The fourth-order valence-corrected chi connectivity index (χ4v) is 3.44. The molecule has 1 aliphatic rings. The summed E-state index contributed by atoms with van der Waals surface area (Å²) < 4.78 is 16.1. The normalized spacial score (nSPS) is 13.5. The number of aryl methyl sites for hydroxylation is 1. The Kier molecular flexibility index (Phi) is 6.33. The maximum absolute atomic E-state index is 12.4. The van der Waals surface area contributed by atoms with Crippen molar-refractivity contribution >= 4 is 17.6 Å². The van der Waals surface area contributed by atoms with Crippen molar-refractivity contribution in [3.8, 4) is 22.6 Å². The van der Waals surface area contributed by atoms with Gasteiger partial charge in [0.2, 0.25) is 0 Å². The molecule has 0 spiro atoms. The Morgan fingerprint density at radius 2 is 1.77 bits per heavy atom. The summed E-state index contributed by atoms with van der Waals surface area (Å²) in [6.07, 6.45) is 1.06. The van der Waals surface area contributed by atoms with Crippen LogP contribution in [0.3, 0.4) is 0 Å². The molecular formula is C24H25N3O4. The van der Waals surface area contributed by atoms with Crippen LogP contribution in [0, 0.1) is 6.92 Å². The maximum Gasteiger partial charge on any atom is 0.417 e. The van der Waals surface area contributed by atoms with E-state index in [1.807, 2.05) is 55.5 Å². The number of anilines is 2. The van der Waals surface area contributed by atoms with E-state index < -0.39 is 6.09 Å². The number of rotatable bonds is 5. The van der Waals surface area contributed by atoms with E-state index in [9.17, 15) is 4.79 Å². The second kappa shape index (κ2) is 9.49. The smallest absolute Gasteiger partial charge is 0.417 e. The Balaban J connectivity index is 1.41. The van der Waals surface area contributed by atoms with Gasteiger partial charge in [-0.1, -0.05) is 18.2 Å². The van der Waals surface area contributed by atoms with Gasteiger partial charge in [0.25, 0.3) is 0 Å². The zero-order valence-electron chi connectivity index (χ0n) is 17.6. The van der Waals surface area contributed by atoms with Crippen molar-refractivity contribution in [2.45, 2.75) is 6.92 Å². The number of benzene rings is 2. The molecule has 0 aliphatic carbocycles. The molecule has 1 aromatic heterocycles. The number of amides is 1. The van der Waals surface area contributed by atoms with E-state index in [0.29, 0.717) is 24.7 Å². The molecule has 2 heterocycles. The van der Waals surface area contributed by atoms with Crippen LogP contribution in [0.4, 0.5) is 16.3 Å². The van der Waals surface area contributed by atoms with Gasteiger partial charge in [-0.15, -0.1) is 0 Å². The first-order valence-electron chi connectivity index (χ1n) is 10.1. The number of pyridine rings is 1. The lowest BCUT2D eigenvalue weighted by atomic mass is 10.0. The molecule has 1 saturated heterocycles. The first-order valence-corrected chi connectivity index (χ1v) is 10.1. The number of methoxy groups -OCH3 is 1. The molecule has 1 amide bonds. The van der Waals surface area contributed by atoms with Gasteiger partial charge < -0.3 is 19.1 Å². The molecule has 3 aromatic rings. The predicted molar refractivity (Wildman–Crippen MR) is 120 cm³/mol. The van der Waals surface area contributed by atoms with Crippen LogP contribution in [0.5, 0.6) is 11.5 Å².